The summed E-state index contributed by atoms with van der Waals surface area (Å²) in [6, 6.07) is 25.5. The summed E-state index contributed by atoms with van der Waals surface area (Å²) in [4.78, 5) is 20.4. The van der Waals surface area contributed by atoms with Gasteiger partial charge >= 0.3 is 0 Å². The fraction of sp³-hybridized carbons (Fsp3) is 0.143. The van der Waals surface area contributed by atoms with Gasteiger partial charge in [-0.1, -0.05) is 42.1 Å². The maximum absolute atomic E-state index is 12.1. The molecule has 0 unspecified atom stereocenters. The maximum atomic E-state index is 12.1. The Bertz CT molecular complexity index is 1200. The second-order valence-electron chi connectivity index (χ2n) is 7.61. The summed E-state index contributed by atoms with van der Waals surface area (Å²) in [5, 5.41) is 3.70. The van der Waals surface area contributed by atoms with Crippen molar-refractivity contribution in [2.45, 2.75) is 5.16 Å². The molecule has 0 radical (unpaired) electrons. The summed E-state index contributed by atoms with van der Waals surface area (Å²) >= 11 is 1.56. The molecule has 4 rings (SSSR count). The van der Waals surface area contributed by atoms with E-state index in [0.717, 1.165) is 44.7 Å². The molecule has 0 atom stereocenters. The molecule has 0 aliphatic carbocycles. The molecule has 1 heterocycles. The first-order valence-electron chi connectivity index (χ1n) is 11.2. The molecule has 4 aromatic rings. The van der Waals surface area contributed by atoms with Gasteiger partial charge in [-0.3, -0.25) is 4.79 Å². The Kier molecular flexibility index (Phi) is 8.25. The van der Waals surface area contributed by atoms with E-state index in [4.69, 9.17) is 14.5 Å². The first kappa shape index (κ1) is 24.2. The molecule has 3 aromatic carbocycles. The zero-order valence-electron chi connectivity index (χ0n) is 19.7. The molecule has 7 heteroatoms. The quantitative estimate of drug-likeness (QED) is 0.172. The monoisotopic (exact) mass is 485 g/mol. The molecule has 35 heavy (non-hydrogen) atoms. The summed E-state index contributed by atoms with van der Waals surface area (Å²) in [6.07, 6.45) is 3.35. The van der Waals surface area contributed by atoms with Crippen molar-refractivity contribution >= 4 is 23.7 Å². The number of nitrogens with zero attached hydrogens (tertiary/aromatic N) is 1. The number of amides is 1. The van der Waals surface area contributed by atoms with E-state index in [9.17, 15) is 4.79 Å². The smallest absolute Gasteiger partial charge is 0.244 e. The summed E-state index contributed by atoms with van der Waals surface area (Å²) in [5.74, 6) is 2.15. The third kappa shape index (κ3) is 6.55. The number of rotatable bonds is 10. The van der Waals surface area contributed by atoms with Crippen molar-refractivity contribution in [3.63, 3.8) is 0 Å². The molecule has 0 fully saturated rings. The number of thioether (sulfide) groups is 1. The predicted octanol–water partition coefficient (Wildman–Crippen LogP) is 5.68. The van der Waals surface area contributed by atoms with E-state index in [1.54, 1.807) is 38.1 Å². The van der Waals surface area contributed by atoms with E-state index >= 15 is 0 Å². The number of methoxy groups -OCH3 is 2. The molecule has 0 saturated heterocycles. The zero-order chi connectivity index (χ0) is 24.5. The van der Waals surface area contributed by atoms with Crippen LogP contribution in [-0.4, -0.2) is 42.4 Å². The number of carbonyl (C=O) groups excluding carboxylic acids is 1. The molecule has 0 aliphatic heterocycles. The van der Waals surface area contributed by atoms with Gasteiger partial charge in [0.1, 0.15) is 11.5 Å². The molecular formula is C28H27N3O3S. The lowest BCUT2D eigenvalue weighted by molar-refractivity contribution is -0.116. The lowest BCUT2D eigenvalue weighted by Crippen LogP contribution is -2.23. The fourth-order valence-electron chi connectivity index (χ4n) is 3.46. The van der Waals surface area contributed by atoms with Crippen LogP contribution in [0.2, 0.25) is 0 Å². The number of benzene rings is 3. The average molecular weight is 486 g/mol. The van der Waals surface area contributed by atoms with Crippen LogP contribution in [0.5, 0.6) is 11.5 Å². The first-order chi connectivity index (χ1) is 17.2. The molecule has 0 spiro atoms. The lowest BCUT2D eigenvalue weighted by Gasteiger charge is -2.06. The Labute approximate surface area is 209 Å². The van der Waals surface area contributed by atoms with E-state index in [0.29, 0.717) is 12.3 Å². The highest BCUT2D eigenvalue weighted by molar-refractivity contribution is 7.99. The summed E-state index contributed by atoms with van der Waals surface area (Å²) in [7, 11) is 3.30. The number of aromatic nitrogens is 2. The van der Waals surface area contributed by atoms with Crippen LogP contribution in [0, 0.1) is 0 Å². The van der Waals surface area contributed by atoms with Crippen molar-refractivity contribution in [3.05, 3.63) is 90.5 Å². The van der Waals surface area contributed by atoms with Gasteiger partial charge in [0, 0.05) is 29.5 Å². The minimum atomic E-state index is -0.119. The molecule has 2 N–H and O–H groups in total. The van der Waals surface area contributed by atoms with E-state index < -0.39 is 0 Å². The number of carbonyl (C=O) groups is 1. The largest absolute Gasteiger partial charge is 0.497 e. The predicted molar refractivity (Wildman–Crippen MR) is 142 cm³/mol. The van der Waals surface area contributed by atoms with Crippen molar-refractivity contribution in [1.29, 1.82) is 0 Å². The van der Waals surface area contributed by atoms with Gasteiger partial charge in [0.05, 0.1) is 25.6 Å². The average Bonchev–Trinajstić information content (AvgIpc) is 3.35. The minimum absolute atomic E-state index is 0.119. The van der Waals surface area contributed by atoms with Crippen LogP contribution in [0.4, 0.5) is 0 Å². The van der Waals surface area contributed by atoms with Gasteiger partial charge in [0.2, 0.25) is 5.91 Å². The molecule has 1 amide bonds. The summed E-state index contributed by atoms with van der Waals surface area (Å²) in [5.41, 5.74) is 4.77. The van der Waals surface area contributed by atoms with Gasteiger partial charge in [-0.05, 0) is 60.2 Å². The van der Waals surface area contributed by atoms with Gasteiger partial charge < -0.3 is 19.8 Å². The van der Waals surface area contributed by atoms with Gasteiger partial charge in [-0.2, -0.15) is 0 Å². The van der Waals surface area contributed by atoms with Crippen LogP contribution >= 0.6 is 11.8 Å². The summed E-state index contributed by atoms with van der Waals surface area (Å²) < 4.78 is 10.6. The van der Waals surface area contributed by atoms with Crippen LogP contribution in [0.15, 0.2) is 90.1 Å². The number of ether oxygens (including phenoxy) is 2. The highest BCUT2D eigenvalue weighted by Crippen LogP contribution is 2.34. The molecule has 0 aliphatic rings. The highest BCUT2D eigenvalue weighted by atomic mass is 32.2. The Morgan fingerprint density at radius 2 is 1.54 bits per heavy atom. The Morgan fingerprint density at radius 3 is 2.17 bits per heavy atom. The van der Waals surface area contributed by atoms with Crippen molar-refractivity contribution in [1.82, 2.24) is 15.3 Å². The van der Waals surface area contributed by atoms with Crippen LogP contribution in [0.25, 0.3) is 28.6 Å². The second-order valence-corrected chi connectivity index (χ2v) is 8.69. The normalized spacial score (nSPS) is 10.9. The van der Waals surface area contributed by atoms with Crippen molar-refractivity contribution in [2.75, 3.05) is 26.5 Å². The summed E-state index contributed by atoms with van der Waals surface area (Å²) in [6.45, 7) is 0.527. The lowest BCUT2D eigenvalue weighted by atomic mass is 10.0. The topological polar surface area (TPSA) is 76.2 Å². The van der Waals surface area contributed by atoms with E-state index in [1.165, 1.54) is 0 Å². The number of hydrogen-bond acceptors (Lipinski definition) is 5. The molecular weight excluding hydrogens is 458 g/mol. The minimum Gasteiger partial charge on any atom is -0.497 e. The maximum Gasteiger partial charge on any atom is 0.244 e. The second kappa shape index (κ2) is 11.9. The van der Waals surface area contributed by atoms with Crippen molar-refractivity contribution in [3.8, 4) is 34.0 Å². The number of hydrogen-bond donors (Lipinski definition) is 2. The van der Waals surface area contributed by atoms with E-state index in [2.05, 4.69) is 10.3 Å². The number of aromatic amines is 1. The van der Waals surface area contributed by atoms with Crippen molar-refractivity contribution in [2.24, 2.45) is 0 Å². The van der Waals surface area contributed by atoms with Gasteiger partial charge in [0.15, 0.2) is 5.16 Å². The Morgan fingerprint density at radius 1 is 0.914 bits per heavy atom. The third-order valence-corrected chi connectivity index (χ3v) is 6.17. The fourth-order valence-corrected chi connectivity index (χ4v) is 4.19. The third-order valence-electron chi connectivity index (χ3n) is 5.29. The van der Waals surface area contributed by atoms with E-state index in [-0.39, 0.29) is 5.91 Å². The first-order valence-corrected chi connectivity index (χ1v) is 12.2. The molecule has 0 bridgehead atoms. The zero-order valence-corrected chi connectivity index (χ0v) is 20.5. The molecule has 1 aromatic heterocycles. The van der Waals surface area contributed by atoms with Crippen LogP contribution in [0.1, 0.15) is 5.56 Å². The van der Waals surface area contributed by atoms with Gasteiger partial charge in [-0.15, -0.1) is 0 Å². The molecule has 0 saturated carbocycles. The Hall–Kier alpha value is -3.97. The number of imidazole rings is 1. The van der Waals surface area contributed by atoms with Crippen LogP contribution < -0.4 is 14.8 Å². The SMILES string of the molecule is COc1ccc(-c2nc(SCCNC(=O)/C=C/c3ccccc3)[nH]c2-c2ccc(OC)cc2)cc1. The van der Waals surface area contributed by atoms with Gasteiger partial charge in [0.25, 0.3) is 0 Å². The Balaban J connectivity index is 1.44. The molecule has 178 valence electrons. The van der Waals surface area contributed by atoms with Crippen molar-refractivity contribution < 1.29 is 14.3 Å². The standard InChI is InChI=1S/C28H27N3O3S/c1-33-23-13-9-21(10-14-23)26-27(22-11-15-24(34-2)16-12-22)31-28(30-26)35-19-18-29-25(32)17-8-20-6-4-3-5-7-20/h3-17H,18-19H2,1-2H3,(H,29,32)(H,30,31)/b17-8+. The number of H-pyrrole nitrogens is 1. The molecule has 6 nitrogen and oxygen atoms in total. The van der Waals surface area contributed by atoms with Gasteiger partial charge in [-0.25, -0.2) is 4.98 Å². The number of nitrogens with one attached hydrogen (secondary N) is 2. The van der Waals surface area contributed by atoms with Crippen LogP contribution in [0.3, 0.4) is 0 Å². The van der Waals surface area contributed by atoms with E-state index in [1.807, 2.05) is 78.9 Å². The van der Waals surface area contributed by atoms with Crippen LogP contribution in [-0.2, 0) is 4.79 Å². The highest BCUT2D eigenvalue weighted by Gasteiger charge is 2.15.